The predicted octanol–water partition coefficient (Wildman–Crippen LogP) is 3.48. The maximum absolute atomic E-state index is 9.99. The lowest BCUT2D eigenvalue weighted by molar-refractivity contribution is 0.0333. The van der Waals surface area contributed by atoms with Crippen molar-refractivity contribution in [2.24, 2.45) is 0 Å². The first-order valence-corrected chi connectivity index (χ1v) is 9.42. The normalized spacial score (nSPS) is 16.6. The van der Waals surface area contributed by atoms with E-state index in [1.165, 1.54) is 16.7 Å². The summed E-state index contributed by atoms with van der Waals surface area (Å²) in [4.78, 5) is 2.47. The summed E-state index contributed by atoms with van der Waals surface area (Å²) in [6.45, 7) is 11.4. The Morgan fingerprint density at radius 3 is 2.27 bits per heavy atom. The zero-order valence-corrected chi connectivity index (χ0v) is 16.1. The molecule has 1 saturated heterocycles. The molecule has 4 nitrogen and oxygen atoms in total. The minimum absolute atomic E-state index is 0.267. The highest BCUT2D eigenvalue weighted by atomic mass is 16.5. The van der Waals surface area contributed by atoms with Crippen LogP contribution in [0.25, 0.3) is 0 Å². The number of nitrogens with one attached hydrogen (secondary N) is 1. The number of rotatable bonds is 6. The number of hydrogen-bond donors (Lipinski definition) is 2. The van der Waals surface area contributed by atoms with Crippen LogP contribution in [0.3, 0.4) is 0 Å². The number of phenolic OH excluding ortho intramolecular Hbond substituents is 1. The fourth-order valence-electron chi connectivity index (χ4n) is 3.52. The van der Waals surface area contributed by atoms with E-state index in [0.29, 0.717) is 5.75 Å². The Balaban J connectivity index is 1.73. The fourth-order valence-corrected chi connectivity index (χ4v) is 3.52. The molecule has 0 saturated carbocycles. The maximum atomic E-state index is 9.99. The van der Waals surface area contributed by atoms with Crippen molar-refractivity contribution in [3.05, 3.63) is 64.2 Å². The molecule has 2 N–H and O–H groups in total. The van der Waals surface area contributed by atoms with Gasteiger partial charge >= 0.3 is 0 Å². The van der Waals surface area contributed by atoms with E-state index < -0.39 is 0 Å². The largest absolute Gasteiger partial charge is 0.507 e. The number of aromatic hydroxyl groups is 1. The predicted molar refractivity (Wildman–Crippen MR) is 106 cm³/mol. The number of hydrogen-bond acceptors (Lipinski definition) is 4. The van der Waals surface area contributed by atoms with E-state index in [2.05, 4.69) is 53.5 Å². The molecule has 1 fully saturated rings. The second kappa shape index (κ2) is 8.67. The topological polar surface area (TPSA) is 44.7 Å². The number of aryl methyl sites for hydroxylation is 3. The summed E-state index contributed by atoms with van der Waals surface area (Å²) in [7, 11) is 0. The Hall–Kier alpha value is -1.88. The molecule has 1 aliphatic heterocycles. The minimum atomic E-state index is 0.267. The Morgan fingerprint density at radius 1 is 1.04 bits per heavy atom. The van der Waals surface area contributed by atoms with E-state index >= 15 is 0 Å². The van der Waals surface area contributed by atoms with Crippen LogP contribution in [-0.2, 0) is 11.3 Å². The van der Waals surface area contributed by atoms with E-state index in [4.69, 9.17) is 4.74 Å². The van der Waals surface area contributed by atoms with Crippen LogP contribution in [0.4, 0.5) is 0 Å². The molecule has 2 aromatic rings. The lowest BCUT2D eigenvalue weighted by Crippen LogP contribution is -2.41. The SMILES string of the molecule is Cc1ccc([C@@H](CN2CCOCC2)NCc2cc(C)c(O)c(C)c2)cc1. The second-order valence-corrected chi connectivity index (χ2v) is 7.34. The molecular weight excluding hydrogens is 324 g/mol. The van der Waals surface area contributed by atoms with Gasteiger partial charge in [-0.15, -0.1) is 0 Å². The summed E-state index contributed by atoms with van der Waals surface area (Å²) < 4.78 is 5.48. The van der Waals surface area contributed by atoms with Crippen molar-refractivity contribution in [2.45, 2.75) is 33.4 Å². The Kier molecular flexibility index (Phi) is 6.30. The van der Waals surface area contributed by atoms with Crippen molar-refractivity contribution in [1.29, 1.82) is 0 Å². The number of benzene rings is 2. The second-order valence-electron chi connectivity index (χ2n) is 7.34. The van der Waals surface area contributed by atoms with Gasteiger partial charge < -0.3 is 15.2 Å². The summed E-state index contributed by atoms with van der Waals surface area (Å²) in [5.41, 5.74) is 5.67. The summed E-state index contributed by atoms with van der Waals surface area (Å²) in [5, 5.41) is 13.7. The third-order valence-electron chi connectivity index (χ3n) is 5.13. The number of ether oxygens (including phenoxy) is 1. The summed E-state index contributed by atoms with van der Waals surface area (Å²) in [6, 6.07) is 13.2. The summed E-state index contributed by atoms with van der Waals surface area (Å²) >= 11 is 0. The van der Waals surface area contributed by atoms with Crippen LogP contribution in [-0.4, -0.2) is 42.9 Å². The maximum Gasteiger partial charge on any atom is 0.121 e. The molecule has 0 unspecified atom stereocenters. The van der Waals surface area contributed by atoms with Crippen molar-refractivity contribution in [1.82, 2.24) is 10.2 Å². The molecule has 1 atom stereocenters. The average molecular weight is 354 g/mol. The Bertz CT molecular complexity index is 698. The number of morpholine rings is 1. The first-order valence-electron chi connectivity index (χ1n) is 9.42. The fraction of sp³-hybridized carbons (Fsp3) is 0.455. The highest BCUT2D eigenvalue weighted by Crippen LogP contribution is 2.24. The van der Waals surface area contributed by atoms with Crippen molar-refractivity contribution >= 4 is 0 Å². The zero-order valence-electron chi connectivity index (χ0n) is 16.1. The van der Waals surface area contributed by atoms with E-state index in [1.54, 1.807) is 0 Å². The first kappa shape index (κ1) is 18.9. The van der Waals surface area contributed by atoms with E-state index in [9.17, 15) is 5.11 Å². The third kappa shape index (κ3) is 4.85. The van der Waals surface area contributed by atoms with Crippen LogP contribution < -0.4 is 5.32 Å². The van der Waals surface area contributed by atoms with Gasteiger partial charge in [0.2, 0.25) is 0 Å². The lowest BCUT2D eigenvalue weighted by atomic mass is 10.0. The molecule has 0 amide bonds. The van der Waals surface area contributed by atoms with E-state index in [0.717, 1.165) is 50.5 Å². The van der Waals surface area contributed by atoms with Gasteiger partial charge in [0.1, 0.15) is 5.75 Å². The standard InChI is InChI=1S/C22H30N2O2/c1-16-4-6-20(7-5-16)21(15-24-8-10-26-11-9-24)23-14-19-12-17(2)22(25)18(3)13-19/h4-7,12-13,21,23,25H,8-11,14-15H2,1-3H3/t21-/m1/s1. The van der Waals surface area contributed by atoms with Gasteiger partial charge in [0, 0.05) is 32.2 Å². The van der Waals surface area contributed by atoms with Gasteiger partial charge in [-0.3, -0.25) is 4.90 Å². The zero-order chi connectivity index (χ0) is 18.5. The molecule has 4 heteroatoms. The van der Waals surface area contributed by atoms with Gasteiger partial charge in [0.05, 0.1) is 13.2 Å². The Labute approximate surface area is 156 Å². The van der Waals surface area contributed by atoms with Crippen LogP contribution in [0.2, 0.25) is 0 Å². The van der Waals surface area contributed by atoms with Gasteiger partial charge in [-0.25, -0.2) is 0 Å². The smallest absolute Gasteiger partial charge is 0.121 e. The van der Waals surface area contributed by atoms with Gasteiger partial charge in [0.25, 0.3) is 0 Å². The monoisotopic (exact) mass is 354 g/mol. The molecule has 26 heavy (non-hydrogen) atoms. The number of nitrogens with zero attached hydrogens (tertiary/aromatic N) is 1. The molecule has 0 aliphatic carbocycles. The van der Waals surface area contributed by atoms with Crippen LogP contribution in [0.1, 0.15) is 33.9 Å². The highest BCUT2D eigenvalue weighted by molar-refractivity contribution is 5.42. The summed E-state index contributed by atoms with van der Waals surface area (Å²) in [6.07, 6.45) is 0. The molecule has 0 aromatic heterocycles. The molecule has 1 heterocycles. The van der Waals surface area contributed by atoms with E-state index in [1.807, 2.05) is 13.8 Å². The first-order chi connectivity index (χ1) is 12.5. The van der Waals surface area contributed by atoms with Gasteiger partial charge in [-0.05, 0) is 43.0 Å². The van der Waals surface area contributed by atoms with Gasteiger partial charge in [0.15, 0.2) is 0 Å². The molecule has 0 spiro atoms. The van der Waals surface area contributed by atoms with Crippen LogP contribution in [0.5, 0.6) is 5.75 Å². The van der Waals surface area contributed by atoms with Crippen LogP contribution in [0.15, 0.2) is 36.4 Å². The van der Waals surface area contributed by atoms with Crippen molar-refractivity contribution < 1.29 is 9.84 Å². The third-order valence-corrected chi connectivity index (χ3v) is 5.13. The van der Waals surface area contributed by atoms with Crippen molar-refractivity contribution in [2.75, 3.05) is 32.8 Å². The van der Waals surface area contributed by atoms with Crippen molar-refractivity contribution in [3.8, 4) is 5.75 Å². The quantitative estimate of drug-likeness (QED) is 0.834. The molecule has 3 rings (SSSR count). The molecule has 0 bridgehead atoms. The molecule has 2 aromatic carbocycles. The van der Waals surface area contributed by atoms with E-state index in [-0.39, 0.29) is 6.04 Å². The molecular formula is C22H30N2O2. The van der Waals surface area contributed by atoms with Gasteiger partial charge in [-0.2, -0.15) is 0 Å². The molecule has 140 valence electrons. The van der Waals surface area contributed by atoms with Crippen LogP contribution >= 0.6 is 0 Å². The van der Waals surface area contributed by atoms with Crippen molar-refractivity contribution in [3.63, 3.8) is 0 Å². The van der Waals surface area contributed by atoms with Crippen LogP contribution in [0, 0.1) is 20.8 Å². The number of phenols is 1. The lowest BCUT2D eigenvalue weighted by Gasteiger charge is -2.31. The molecule has 0 radical (unpaired) electrons. The highest BCUT2D eigenvalue weighted by Gasteiger charge is 2.18. The van der Waals surface area contributed by atoms with Gasteiger partial charge in [-0.1, -0.05) is 42.0 Å². The molecule has 1 aliphatic rings. The Morgan fingerprint density at radius 2 is 1.65 bits per heavy atom. The summed E-state index contributed by atoms with van der Waals surface area (Å²) in [5.74, 6) is 0.400. The minimum Gasteiger partial charge on any atom is -0.507 e. The average Bonchev–Trinajstić information content (AvgIpc) is 2.64.